The Morgan fingerprint density at radius 2 is 1.89 bits per heavy atom. The summed E-state index contributed by atoms with van der Waals surface area (Å²) >= 11 is 0. The third-order valence-corrected chi connectivity index (χ3v) is 3.57. The minimum absolute atomic E-state index is 0.0935. The lowest BCUT2D eigenvalue weighted by molar-refractivity contribution is -0.138. The first-order valence-electron chi connectivity index (χ1n) is 7.98. The monoisotopic (exact) mass is 386 g/mol. The number of aliphatic carboxylic acids is 1. The molecule has 0 saturated heterocycles. The van der Waals surface area contributed by atoms with Crippen molar-refractivity contribution in [2.45, 2.75) is 25.9 Å². The van der Waals surface area contributed by atoms with Gasteiger partial charge in [-0.05, 0) is 18.6 Å². The van der Waals surface area contributed by atoms with Crippen molar-refractivity contribution in [2.24, 2.45) is 0 Å². The average Bonchev–Trinajstić information content (AvgIpc) is 2.94. The zero-order chi connectivity index (χ0) is 20.2. The Balaban J connectivity index is 2.30. The zero-order valence-electron chi connectivity index (χ0n) is 14.3. The summed E-state index contributed by atoms with van der Waals surface area (Å²) in [5, 5.41) is 12.8. The number of hydrogen-bond donors (Lipinski definition) is 3. The van der Waals surface area contributed by atoms with Gasteiger partial charge in [-0.25, -0.2) is 4.98 Å². The number of nitrogens with one attached hydrogen (secondary N) is 2. The van der Waals surface area contributed by atoms with Crippen LogP contribution in [0.15, 0.2) is 18.3 Å². The highest BCUT2D eigenvalue weighted by atomic mass is 19.4. The highest BCUT2D eigenvalue weighted by molar-refractivity contribution is 5.97. The first-order chi connectivity index (χ1) is 12.6. The summed E-state index contributed by atoms with van der Waals surface area (Å²) < 4.78 is 40.0. The van der Waals surface area contributed by atoms with Crippen LogP contribution in [0.25, 0.3) is 5.65 Å². The van der Waals surface area contributed by atoms with E-state index in [-0.39, 0.29) is 11.3 Å². The van der Waals surface area contributed by atoms with Crippen molar-refractivity contribution in [2.75, 3.05) is 13.1 Å². The number of imidazole rings is 1. The van der Waals surface area contributed by atoms with Crippen molar-refractivity contribution in [1.29, 1.82) is 0 Å². The number of carboxylic acids is 1. The molecule has 2 amide bonds. The fourth-order valence-electron chi connectivity index (χ4n) is 2.39. The van der Waals surface area contributed by atoms with E-state index in [2.05, 4.69) is 15.6 Å². The second-order valence-corrected chi connectivity index (χ2v) is 5.65. The summed E-state index contributed by atoms with van der Waals surface area (Å²) in [7, 11) is 0. The van der Waals surface area contributed by atoms with Gasteiger partial charge in [-0.2, -0.15) is 13.2 Å². The number of nitrogens with zero attached hydrogens (tertiary/aromatic N) is 2. The molecule has 0 aliphatic rings. The maximum atomic E-state index is 13.0. The van der Waals surface area contributed by atoms with Gasteiger partial charge in [0.2, 0.25) is 5.91 Å². The van der Waals surface area contributed by atoms with Crippen molar-refractivity contribution < 1.29 is 32.7 Å². The Labute approximate surface area is 151 Å². The Morgan fingerprint density at radius 3 is 2.48 bits per heavy atom. The molecular weight excluding hydrogens is 369 g/mol. The van der Waals surface area contributed by atoms with Gasteiger partial charge in [0.25, 0.3) is 5.91 Å². The number of halogens is 3. The molecule has 0 aliphatic carbocycles. The second-order valence-electron chi connectivity index (χ2n) is 5.65. The molecule has 8 nitrogen and oxygen atoms in total. The van der Waals surface area contributed by atoms with Gasteiger partial charge < -0.3 is 15.7 Å². The molecule has 0 bridgehead atoms. The summed E-state index contributed by atoms with van der Waals surface area (Å²) in [5.41, 5.74) is -0.556. The maximum Gasteiger partial charge on any atom is 0.417 e. The Bertz CT molecular complexity index is 876. The molecular formula is C16H17F3N4O4. The highest BCUT2D eigenvalue weighted by Gasteiger charge is 2.32. The number of rotatable bonds is 7. The summed E-state index contributed by atoms with van der Waals surface area (Å²) in [6.45, 7) is 0.691. The number of alkyl halides is 3. The van der Waals surface area contributed by atoms with Crippen LogP contribution in [0.1, 0.15) is 35.1 Å². The lowest BCUT2D eigenvalue weighted by atomic mass is 10.2. The van der Waals surface area contributed by atoms with Crippen LogP contribution in [0, 0.1) is 0 Å². The standard InChI is InChI=1S/C16H17F3N4O4/c1-2-3-10-14(15(27)21-6-12(24)20-7-13(25)26)23-8-9(16(17,18)19)4-5-11(23)22-10/h4-5,8H,2-3,6-7H2,1H3,(H,20,24)(H,21,27)(H,25,26). The molecule has 0 radical (unpaired) electrons. The molecule has 2 aromatic rings. The van der Waals surface area contributed by atoms with Gasteiger partial charge >= 0.3 is 12.1 Å². The first-order valence-corrected chi connectivity index (χ1v) is 7.98. The summed E-state index contributed by atoms with van der Waals surface area (Å²) in [4.78, 5) is 38.6. The molecule has 0 unspecified atom stereocenters. The van der Waals surface area contributed by atoms with E-state index in [1.165, 1.54) is 6.07 Å². The molecule has 0 spiro atoms. The van der Waals surface area contributed by atoms with Crippen molar-refractivity contribution in [1.82, 2.24) is 20.0 Å². The topological polar surface area (TPSA) is 113 Å². The van der Waals surface area contributed by atoms with Gasteiger partial charge in [0.05, 0.1) is 17.8 Å². The average molecular weight is 386 g/mol. The Morgan fingerprint density at radius 1 is 1.19 bits per heavy atom. The number of carbonyl (C=O) groups is 3. The molecule has 11 heteroatoms. The third kappa shape index (κ3) is 4.96. The van der Waals surface area contributed by atoms with Gasteiger partial charge in [-0.1, -0.05) is 13.3 Å². The molecule has 0 fully saturated rings. The molecule has 27 heavy (non-hydrogen) atoms. The zero-order valence-corrected chi connectivity index (χ0v) is 14.3. The minimum Gasteiger partial charge on any atom is -0.480 e. The summed E-state index contributed by atoms with van der Waals surface area (Å²) in [5.74, 6) is -2.77. The largest absolute Gasteiger partial charge is 0.480 e. The van der Waals surface area contributed by atoms with Crippen LogP contribution in [0.5, 0.6) is 0 Å². The van der Waals surface area contributed by atoms with Crippen molar-refractivity contribution in [3.63, 3.8) is 0 Å². The smallest absolute Gasteiger partial charge is 0.417 e. The van der Waals surface area contributed by atoms with Crippen molar-refractivity contribution >= 4 is 23.4 Å². The second kappa shape index (κ2) is 8.06. The van der Waals surface area contributed by atoms with E-state index in [1.807, 2.05) is 6.92 Å². The number of aromatic nitrogens is 2. The van der Waals surface area contributed by atoms with Crippen LogP contribution in [0.4, 0.5) is 13.2 Å². The van der Waals surface area contributed by atoms with E-state index in [9.17, 15) is 27.6 Å². The predicted octanol–water partition coefficient (Wildman–Crippen LogP) is 1.24. The maximum absolute atomic E-state index is 13.0. The van der Waals surface area contributed by atoms with Crippen LogP contribution >= 0.6 is 0 Å². The Hall–Kier alpha value is -3.11. The summed E-state index contributed by atoms with van der Waals surface area (Å²) in [6, 6.07) is 2.04. The van der Waals surface area contributed by atoms with Gasteiger partial charge in [0.15, 0.2) is 0 Å². The van der Waals surface area contributed by atoms with Gasteiger partial charge in [-0.15, -0.1) is 0 Å². The van der Waals surface area contributed by atoms with E-state index in [4.69, 9.17) is 5.11 Å². The first kappa shape index (κ1) is 20.2. The molecule has 2 rings (SSSR count). The predicted molar refractivity (Wildman–Crippen MR) is 87.2 cm³/mol. The van der Waals surface area contributed by atoms with Crippen molar-refractivity contribution in [3.05, 3.63) is 35.3 Å². The molecule has 2 aromatic heterocycles. The number of aryl methyl sites for hydroxylation is 1. The number of hydrogen-bond acceptors (Lipinski definition) is 4. The van der Waals surface area contributed by atoms with E-state index in [0.717, 1.165) is 16.7 Å². The van der Waals surface area contributed by atoms with Crippen LogP contribution in [0.3, 0.4) is 0 Å². The van der Waals surface area contributed by atoms with Gasteiger partial charge in [-0.3, -0.25) is 18.8 Å². The fourth-order valence-corrected chi connectivity index (χ4v) is 2.39. The lowest BCUT2D eigenvalue weighted by Crippen LogP contribution is -2.39. The molecule has 0 saturated carbocycles. The molecule has 0 atom stereocenters. The molecule has 3 N–H and O–H groups in total. The number of amides is 2. The summed E-state index contributed by atoms with van der Waals surface area (Å²) in [6.07, 6.45) is -2.85. The van der Waals surface area contributed by atoms with E-state index in [1.54, 1.807) is 0 Å². The SMILES string of the molecule is CCCc1nc2ccc(C(F)(F)F)cn2c1C(=O)NCC(=O)NCC(=O)O. The quantitative estimate of drug-likeness (QED) is 0.663. The molecule has 0 aliphatic heterocycles. The molecule has 2 heterocycles. The fraction of sp³-hybridized carbons (Fsp3) is 0.375. The number of carboxylic acid groups (broad SMARTS) is 1. The molecule has 0 aromatic carbocycles. The van der Waals surface area contributed by atoms with E-state index in [0.29, 0.717) is 18.5 Å². The van der Waals surface area contributed by atoms with Crippen LogP contribution in [-0.4, -0.2) is 45.4 Å². The third-order valence-electron chi connectivity index (χ3n) is 3.57. The Kier molecular flexibility index (Phi) is 6.03. The van der Waals surface area contributed by atoms with Crippen LogP contribution in [-0.2, 0) is 22.2 Å². The normalized spacial score (nSPS) is 11.4. The van der Waals surface area contributed by atoms with Crippen LogP contribution < -0.4 is 10.6 Å². The minimum atomic E-state index is -4.59. The number of carbonyl (C=O) groups excluding carboxylic acids is 2. The lowest BCUT2D eigenvalue weighted by Gasteiger charge is -2.09. The van der Waals surface area contributed by atoms with E-state index < -0.39 is 42.6 Å². The number of fused-ring (bicyclic) bond motifs is 1. The van der Waals surface area contributed by atoms with Gasteiger partial charge in [0, 0.05) is 6.20 Å². The van der Waals surface area contributed by atoms with Gasteiger partial charge in [0.1, 0.15) is 17.9 Å². The van der Waals surface area contributed by atoms with Crippen molar-refractivity contribution in [3.8, 4) is 0 Å². The molecule has 146 valence electrons. The number of pyridine rings is 1. The highest BCUT2D eigenvalue weighted by Crippen LogP contribution is 2.30. The van der Waals surface area contributed by atoms with E-state index >= 15 is 0 Å². The van der Waals surface area contributed by atoms with Crippen LogP contribution in [0.2, 0.25) is 0 Å².